The van der Waals surface area contributed by atoms with Crippen LogP contribution in [-0.2, 0) is 4.79 Å². The fourth-order valence-corrected chi connectivity index (χ4v) is 4.03. The number of hydrogen-bond donors (Lipinski definition) is 1. The van der Waals surface area contributed by atoms with E-state index in [-0.39, 0.29) is 12.2 Å². The van der Waals surface area contributed by atoms with E-state index in [9.17, 15) is 9.18 Å². The number of aromatic nitrogens is 1. The SMILES string of the molecule is O=C(COc1ccc(-c2cc(-c3ccccc3)c3ccc(Cl)cc3n2)cc1)N/N=C/c1ccccc1F. The summed E-state index contributed by atoms with van der Waals surface area (Å²) in [5.41, 5.74) is 7.24. The summed E-state index contributed by atoms with van der Waals surface area (Å²) in [5, 5.41) is 5.41. The predicted octanol–water partition coefficient (Wildman–Crippen LogP) is 6.89. The highest BCUT2D eigenvalue weighted by Gasteiger charge is 2.11. The highest BCUT2D eigenvalue weighted by atomic mass is 35.5. The van der Waals surface area contributed by atoms with Crippen LogP contribution in [-0.4, -0.2) is 23.7 Å². The first kappa shape index (κ1) is 24.2. The molecule has 1 heterocycles. The van der Waals surface area contributed by atoms with Gasteiger partial charge in [-0.2, -0.15) is 5.10 Å². The van der Waals surface area contributed by atoms with Crippen molar-refractivity contribution in [2.24, 2.45) is 5.10 Å². The highest BCUT2D eigenvalue weighted by molar-refractivity contribution is 6.31. The Morgan fingerprint density at radius 1 is 0.919 bits per heavy atom. The van der Waals surface area contributed by atoms with Crippen molar-refractivity contribution in [3.8, 4) is 28.1 Å². The molecule has 1 aromatic heterocycles. The minimum atomic E-state index is -0.461. The Morgan fingerprint density at radius 2 is 1.68 bits per heavy atom. The number of halogens is 2. The van der Waals surface area contributed by atoms with Crippen LogP contribution in [0.2, 0.25) is 5.02 Å². The normalized spacial score (nSPS) is 11.1. The Hall–Kier alpha value is -4.55. The molecule has 0 spiro atoms. The van der Waals surface area contributed by atoms with Gasteiger partial charge in [0.15, 0.2) is 6.61 Å². The minimum absolute atomic E-state index is 0.237. The molecule has 7 heteroatoms. The molecule has 0 atom stereocenters. The predicted molar refractivity (Wildman–Crippen MR) is 145 cm³/mol. The van der Waals surface area contributed by atoms with Crippen LogP contribution >= 0.6 is 11.6 Å². The van der Waals surface area contributed by atoms with E-state index >= 15 is 0 Å². The van der Waals surface area contributed by atoms with Gasteiger partial charge in [0.25, 0.3) is 5.91 Å². The molecule has 0 radical (unpaired) electrons. The summed E-state index contributed by atoms with van der Waals surface area (Å²) < 4.78 is 19.2. The maximum absolute atomic E-state index is 13.6. The quantitative estimate of drug-likeness (QED) is 0.192. The van der Waals surface area contributed by atoms with Gasteiger partial charge in [0.05, 0.1) is 17.4 Å². The molecule has 4 aromatic carbocycles. The van der Waals surface area contributed by atoms with E-state index in [1.807, 2.05) is 48.5 Å². The topological polar surface area (TPSA) is 63.6 Å². The van der Waals surface area contributed by atoms with E-state index in [0.717, 1.165) is 33.3 Å². The summed E-state index contributed by atoms with van der Waals surface area (Å²) in [6.07, 6.45) is 1.25. The number of fused-ring (bicyclic) bond motifs is 1. The first-order valence-electron chi connectivity index (χ1n) is 11.5. The molecular weight excluding hydrogens is 489 g/mol. The monoisotopic (exact) mass is 509 g/mol. The lowest BCUT2D eigenvalue weighted by atomic mass is 9.98. The van der Waals surface area contributed by atoms with Crippen molar-refractivity contribution in [1.82, 2.24) is 10.4 Å². The van der Waals surface area contributed by atoms with Crippen LogP contribution in [0.3, 0.4) is 0 Å². The maximum Gasteiger partial charge on any atom is 0.277 e. The fourth-order valence-electron chi connectivity index (χ4n) is 3.86. The van der Waals surface area contributed by atoms with Gasteiger partial charge in [0.2, 0.25) is 0 Å². The number of rotatable bonds is 7. The number of nitrogens with zero attached hydrogens (tertiary/aromatic N) is 2. The summed E-state index contributed by atoms with van der Waals surface area (Å²) in [4.78, 5) is 16.9. The molecule has 182 valence electrons. The van der Waals surface area contributed by atoms with Crippen LogP contribution in [0.25, 0.3) is 33.3 Å². The fraction of sp³-hybridized carbons (Fsp3) is 0.0333. The largest absolute Gasteiger partial charge is 0.484 e. The number of hydrazone groups is 1. The summed E-state index contributed by atoms with van der Waals surface area (Å²) in [6, 6.07) is 31.4. The van der Waals surface area contributed by atoms with Crippen LogP contribution in [0.5, 0.6) is 5.75 Å². The van der Waals surface area contributed by atoms with E-state index in [1.165, 1.54) is 12.3 Å². The first-order chi connectivity index (χ1) is 18.1. The molecule has 0 aliphatic heterocycles. The van der Waals surface area contributed by atoms with Gasteiger partial charge in [0.1, 0.15) is 11.6 Å². The molecule has 0 aliphatic rings. The van der Waals surface area contributed by atoms with E-state index in [4.69, 9.17) is 21.3 Å². The van der Waals surface area contributed by atoms with Crippen LogP contribution in [0.4, 0.5) is 4.39 Å². The molecule has 0 saturated heterocycles. The lowest BCUT2D eigenvalue weighted by Gasteiger charge is -2.11. The first-order valence-corrected chi connectivity index (χ1v) is 11.9. The summed E-state index contributed by atoms with van der Waals surface area (Å²) >= 11 is 6.25. The average molecular weight is 510 g/mol. The van der Waals surface area contributed by atoms with E-state index in [1.54, 1.807) is 30.3 Å². The Morgan fingerprint density at radius 3 is 2.46 bits per heavy atom. The molecule has 1 amide bonds. The lowest BCUT2D eigenvalue weighted by molar-refractivity contribution is -0.123. The molecule has 0 fully saturated rings. The van der Waals surface area contributed by atoms with Gasteiger partial charge in [-0.15, -0.1) is 0 Å². The second-order valence-corrected chi connectivity index (χ2v) is 8.65. The molecule has 1 N–H and O–H groups in total. The second kappa shape index (κ2) is 11.0. The third-order valence-corrected chi connectivity index (χ3v) is 5.91. The summed E-state index contributed by atoms with van der Waals surface area (Å²) in [7, 11) is 0. The third kappa shape index (κ3) is 5.82. The number of hydrogen-bond acceptors (Lipinski definition) is 4. The zero-order valence-corrected chi connectivity index (χ0v) is 20.3. The van der Waals surface area contributed by atoms with E-state index in [2.05, 4.69) is 28.7 Å². The molecule has 0 unspecified atom stereocenters. The average Bonchev–Trinajstić information content (AvgIpc) is 2.93. The molecule has 5 rings (SSSR count). The van der Waals surface area contributed by atoms with Crippen molar-refractivity contribution >= 4 is 34.6 Å². The van der Waals surface area contributed by atoms with Crippen molar-refractivity contribution in [3.63, 3.8) is 0 Å². The molecular formula is C30H21ClFN3O2. The molecule has 0 aliphatic carbocycles. The number of carbonyl (C=O) groups excluding carboxylic acids is 1. The number of ether oxygens (including phenoxy) is 1. The van der Waals surface area contributed by atoms with Crippen molar-refractivity contribution in [3.05, 3.63) is 120 Å². The van der Waals surface area contributed by atoms with Gasteiger partial charge < -0.3 is 4.74 Å². The summed E-state index contributed by atoms with van der Waals surface area (Å²) in [6.45, 7) is -0.237. The molecule has 5 aromatic rings. The van der Waals surface area contributed by atoms with Crippen LogP contribution < -0.4 is 10.2 Å². The maximum atomic E-state index is 13.6. The summed E-state index contributed by atoms with van der Waals surface area (Å²) in [5.74, 6) is -0.363. The Labute approximate surface area is 218 Å². The van der Waals surface area contributed by atoms with Crippen molar-refractivity contribution in [2.45, 2.75) is 0 Å². The molecule has 0 saturated carbocycles. The van der Waals surface area contributed by atoms with Gasteiger partial charge in [-0.05, 0) is 59.7 Å². The second-order valence-electron chi connectivity index (χ2n) is 8.21. The van der Waals surface area contributed by atoms with Crippen molar-refractivity contribution in [1.29, 1.82) is 0 Å². The van der Waals surface area contributed by atoms with Crippen LogP contribution in [0.15, 0.2) is 108 Å². The Kier molecular flexibility index (Phi) is 7.19. The van der Waals surface area contributed by atoms with Crippen molar-refractivity contribution < 1.29 is 13.9 Å². The highest BCUT2D eigenvalue weighted by Crippen LogP contribution is 2.33. The smallest absolute Gasteiger partial charge is 0.277 e. The number of nitrogens with one attached hydrogen (secondary N) is 1. The van der Waals surface area contributed by atoms with Gasteiger partial charge in [-0.3, -0.25) is 4.79 Å². The third-order valence-electron chi connectivity index (χ3n) is 5.67. The van der Waals surface area contributed by atoms with Gasteiger partial charge >= 0.3 is 0 Å². The van der Waals surface area contributed by atoms with Gasteiger partial charge in [0, 0.05) is 21.5 Å². The van der Waals surface area contributed by atoms with E-state index in [0.29, 0.717) is 10.8 Å². The van der Waals surface area contributed by atoms with Crippen LogP contribution in [0.1, 0.15) is 5.56 Å². The number of amides is 1. The number of carbonyl (C=O) groups is 1. The standard InChI is InChI=1S/C30H21ClFN3O2/c31-23-12-15-25-26(20-6-2-1-3-7-20)17-28(34-29(25)16-23)21-10-13-24(14-11-21)37-19-30(36)35-33-18-22-8-4-5-9-27(22)32/h1-18H,19H2,(H,35,36)/b33-18+. The molecule has 0 bridgehead atoms. The van der Waals surface area contributed by atoms with Crippen molar-refractivity contribution in [2.75, 3.05) is 6.61 Å². The van der Waals surface area contributed by atoms with Crippen LogP contribution in [0, 0.1) is 5.82 Å². The number of pyridine rings is 1. The Balaban J connectivity index is 1.30. The Bertz CT molecular complexity index is 1590. The number of benzene rings is 4. The minimum Gasteiger partial charge on any atom is -0.484 e. The zero-order chi connectivity index (χ0) is 25.6. The molecule has 37 heavy (non-hydrogen) atoms. The van der Waals surface area contributed by atoms with Gasteiger partial charge in [-0.1, -0.05) is 66.2 Å². The lowest BCUT2D eigenvalue weighted by Crippen LogP contribution is -2.24. The van der Waals surface area contributed by atoms with Gasteiger partial charge in [-0.25, -0.2) is 14.8 Å². The molecule has 5 nitrogen and oxygen atoms in total. The van der Waals surface area contributed by atoms with E-state index < -0.39 is 11.7 Å². The zero-order valence-electron chi connectivity index (χ0n) is 19.6.